The van der Waals surface area contributed by atoms with Crippen molar-refractivity contribution in [2.45, 2.75) is 37.9 Å². The van der Waals surface area contributed by atoms with Crippen LogP contribution < -0.4 is 0 Å². The fourth-order valence-electron chi connectivity index (χ4n) is 3.25. The number of benzene rings is 1. The molecule has 1 aromatic carbocycles. The predicted molar refractivity (Wildman–Crippen MR) is 88.8 cm³/mol. The minimum atomic E-state index is -1.03. The van der Waals surface area contributed by atoms with Crippen molar-refractivity contribution < 1.29 is 24.2 Å². The van der Waals surface area contributed by atoms with Crippen molar-refractivity contribution in [2.24, 2.45) is 11.8 Å². The molecule has 2 rings (SSSR count). The molecule has 1 aliphatic carbocycles. The minimum absolute atomic E-state index is 0.143. The number of hydrogen-bond donors (Lipinski definition) is 1. The summed E-state index contributed by atoms with van der Waals surface area (Å²) in [7, 11) is 1.30. The highest BCUT2D eigenvalue weighted by Crippen LogP contribution is 2.40. The highest BCUT2D eigenvalue weighted by Gasteiger charge is 2.46. The molecule has 1 aliphatic rings. The number of ether oxygens (including phenoxy) is 2. The molecule has 1 aromatic rings. The van der Waals surface area contributed by atoms with Crippen LogP contribution in [0.3, 0.4) is 0 Å². The molecule has 0 saturated heterocycles. The van der Waals surface area contributed by atoms with Crippen LogP contribution in [0.15, 0.2) is 43.0 Å². The molecule has 1 fully saturated rings. The molecule has 3 atom stereocenters. The van der Waals surface area contributed by atoms with Gasteiger partial charge < -0.3 is 14.6 Å². The van der Waals surface area contributed by atoms with Crippen LogP contribution >= 0.6 is 0 Å². The van der Waals surface area contributed by atoms with Gasteiger partial charge in [-0.3, -0.25) is 9.59 Å². The molecule has 5 heteroatoms. The molecule has 0 heterocycles. The van der Waals surface area contributed by atoms with E-state index in [2.05, 4.69) is 6.58 Å². The number of rotatable bonds is 6. The van der Waals surface area contributed by atoms with E-state index in [1.807, 2.05) is 30.3 Å². The molecule has 0 aromatic heterocycles. The summed E-state index contributed by atoms with van der Waals surface area (Å²) in [6.07, 6.45) is 3.00. The molecule has 3 unspecified atom stereocenters. The van der Waals surface area contributed by atoms with E-state index in [1.165, 1.54) is 7.11 Å². The molecular weight excluding hydrogens is 308 g/mol. The van der Waals surface area contributed by atoms with Gasteiger partial charge in [-0.2, -0.15) is 0 Å². The fourth-order valence-corrected chi connectivity index (χ4v) is 3.25. The van der Waals surface area contributed by atoms with Gasteiger partial charge in [0.2, 0.25) is 0 Å². The minimum Gasteiger partial charge on any atom is -0.469 e. The third-order valence-electron chi connectivity index (χ3n) is 4.56. The Morgan fingerprint density at radius 3 is 2.62 bits per heavy atom. The van der Waals surface area contributed by atoms with Crippen LogP contribution in [0.2, 0.25) is 0 Å². The summed E-state index contributed by atoms with van der Waals surface area (Å²) < 4.78 is 10.2. The molecule has 0 aliphatic heterocycles. The van der Waals surface area contributed by atoms with Gasteiger partial charge in [0.05, 0.1) is 24.5 Å². The van der Waals surface area contributed by atoms with Crippen molar-refractivity contribution in [2.75, 3.05) is 7.11 Å². The number of aliphatic hydroxyl groups is 1. The first-order valence-electron chi connectivity index (χ1n) is 8.11. The van der Waals surface area contributed by atoms with E-state index in [0.29, 0.717) is 19.3 Å². The monoisotopic (exact) mass is 332 g/mol. The summed E-state index contributed by atoms with van der Waals surface area (Å²) in [5.74, 6) is -2.20. The van der Waals surface area contributed by atoms with Crippen LogP contribution in [-0.2, 0) is 25.7 Å². The van der Waals surface area contributed by atoms with E-state index in [4.69, 9.17) is 9.47 Å². The van der Waals surface area contributed by atoms with Gasteiger partial charge in [-0.15, -0.1) is 6.58 Å². The molecule has 0 bridgehead atoms. The Balaban J connectivity index is 2.08. The summed E-state index contributed by atoms with van der Waals surface area (Å²) in [5, 5.41) is 10.6. The highest BCUT2D eigenvalue weighted by atomic mass is 16.5. The van der Waals surface area contributed by atoms with Crippen molar-refractivity contribution in [1.82, 2.24) is 0 Å². The van der Waals surface area contributed by atoms with Crippen molar-refractivity contribution in [3.63, 3.8) is 0 Å². The van der Waals surface area contributed by atoms with Crippen molar-refractivity contribution in [3.8, 4) is 0 Å². The van der Waals surface area contributed by atoms with Crippen molar-refractivity contribution in [3.05, 3.63) is 48.6 Å². The quantitative estimate of drug-likeness (QED) is 0.640. The zero-order valence-corrected chi connectivity index (χ0v) is 13.9. The Labute approximate surface area is 142 Å². The average Bonchev–Trinajstić information content (AvgIpc) is 2.60. The topological polar surface area (TPSA) is 72.8 Å². The van der Waals surface area contributed by atoms with E-state index in [0.717, 1.165) is 5.56 Å². The zero-order valence-electron chi connectivity index (χ0n) is 13.9. The molecule has 130 valence electrons. The van der Waals surface area contributed by atoms with Crippen LogP contribution in [0, 0.1) is 11.8 Å². The molecule has 0 amide bonds. The molecule has 0 radical (unpaired) electrons. The second-order valence-corrected chi connectivity index (χ2v) is 6.29. The average molecular weight is 332 g/mol. The third kappa shape index (κ3) is 4.45. The van der Waals surface area contributed by atoms with Gasteiger partial charge in [0, 0.05) is 0 Å². The second-order valence-electron chi connectivity index (χ2n) is 6.29. The Bertz CT molecular complexity index is 583. The number of hydrogen-bond acceptors (Lipinski definition) is 5. The first-order chi connectivity index (χ1) is 11.5. The maximum absolute atomic E-state index is 12.5. The number of esters is 2. The predicted octanol–water partition coefficient (Wildman–Crippen LogP) is 2.63. The second kappa shape index (κ2) is 8.11. The van der Waals surface area contributed by atoms with E-state index in [-0.39, 0.29) is 13.0 Å². The lowest BCUT2D eigenvalue weighted by Crippen LogP contribution is -2.45. The van der Waals surface area contributed by atoms with Gasteiger partial charge >= 0.3 is 11.9 Å². The molecule has 0 spiro atoms. The van der Waals surface area contributed by atoms with E-state index in [1.54, 1.807) is 6.08 Å². The van der Waals surface area contributed by atoms with E-state index in [9.17, 15) is 14.7 Å². The van der Waals surface area contributed by atoms with Crippen LogP contribution in [0.1, 0.15) is 31.2 Å². The van der Waals surface area contributed by atoms with Gasteiger partial charge in [0.25, 0.3) is 0 Å². The largest absolute Gasteiger partial charge is 0.469 e. The van der Waals surface area contributed by atoms with Crippen LogP contribution in [0.5, 0.6) is 0 Å². The number of carbonyl (C=O) groups excluding carboxylic acids is 2. The van der Waals surface area contributed by atoms with Gasteiger partial charge in [0.15, 0.2) is 0 Å². The first-order valence-corrected chi connectivity index (χ1v) is 8.11. The van der Waals surface area contributed by atoms with Crippen LogP contribution in [0.4, 0.5) is 0 Å². The maximum atomic E-state index is 12.5. The van der Waals surface area contributed by atoms with Crippen molar-refractivity contribution >= 4 is 11.9 Å². The summed E-state index contributed by atoms with van der Waals surface area (Å²) in [5.41, 5.74) is -0.152. The standard InChI is InChI=1S/C19H24O5/c1-3-10-19(22)11-9-15(17(20)23-2)16(12-19)18(21)24-13-14-7-5-4-6-8-14/h3-8,15-16,22H,1,9-13H2,2H3. The summed E-state index contributed by atoms with van der Waals surface area (Å²) in [4.78, 5) is 24.5. The smallest absolute Gasteiger partial charge is 0.310 e. The first kappa shape index (κ1) is 18.2. The van der Waals surface area contributed by atoms with Crippen molar-refractivity contribution in [1.29, 1.82) is 0 Å². The normalized spacial score (nSPS) is 26.4. The summed E-state index contributed by atoms with van der Waals surface area (Å²) in [6, 6.07) is 9.34. The third-order valence-corrected chi connectivity index (χ3v) is 4.56. The molecular formula is C19H24O5. The summed E-state index contributed by atoms with van der Waals surface area (Å²) >= 11 is 0. The molecule has 1 N–H and O–H groups in total. The van der Waals surface area contributed by atoms with Gasteiger partial charge in [-0.05, 0) is 31.2 Å². The van der Waals surface area contributed by atoms with E-state index < -0.39 is 29.4 Å². The molecule has 24 heavy (non-hydrogen) atoms. The number of methoxy groups -OCH3 is 1. The SMILES string of the molecule is C=CCC1(O)CCC(C(=O)OC)C(C(=O)OCc2ccccc2)C1. The zero-order chi connectivity index (χ0) is 17.6. The Kier molecular flexibility index (Phi) is 6.15. The molecule has 1 saturated carbocycles. The lowest BCUT2D eigenvalue weighted by atomic mass is 9.70. The highest BCUT2D eigenvalue weighted by molar-refractivity contribution is 5.82. The van der Waals surface area contributed by atoms with Gasteiger partial charge in [0.1, 0.15) is 6.61 Å². The fraction of sp³-hybridized carbons (Fsp3) is 0.474. The lowest BCUT2D eigenvalue weighted by Gasteiger charge is -2.38. The summed E-state index contributed by atoms with van der Waals surface area (Å²) in [6.45, 7) is 3.79. The lowest BCUT2D eigenvalue weighted by molar-refractivity contribution is -0.168. The van der Waals surface area contributed by atoms with Gasteiger partial charge in [-0.1, -0.05) is 36.4 Å². The Morgan fingerprint density at radius 1 is 1.29 bits per heavy atom. The Hall–Kier alpha value is -2.14. The Morgan fingerprint density at radius 2 is 2.00 bits per heavy atom. The molecule has 5 nitrogen and oxygen atoms in total. The van der Waals surface area contributed by atoms with Gasteiger partial charge in [-0.25, -0.2) is 0 Å². The van der Waals surface area contributed by atoms with Crippen LogP contribution in [0.25, 0.3) is 0 Å². The van der Waals surface area contributed by atoms with E-state index >= 15 is 0 Å². The maximum Gasteiger partial charge on any atom is 0.310 e. The van der Waals surface area contributed by atoms with Crippen LogP contribution in [-0.4, -0.2) is 29.8 Å². The number of carbonyl (C=O) groups is 2.